The molecule has 1 aromatic rings. The monoisotopic (exact) mass is 310 g/mol. The van der Waals surface area contributed by atoms with E-state index in [1.807, 2.05) is 0 Å². The van der Waals surface area contributed by atoms with Crippen LogP contribution >= 0.6 is 23.2 Å². The lowest BCUT2D eigenvalue weighted by Crippen LogP contribution is -2.22. The second-order valence-electron chi connectivity index (χ2n) is 3.72. The van der Waals surface area contributed by atoms with Gasteiger partial charge in [0.2, 0.25) is 10.0 Å². The fraction of sp³-hybridized carbons (Fsp3) is 0.300. The Morgan fingerprint density at radius 1 is 1.39 bits per heavy atom. The van der Waals surface area contributed by atoms with Gasteiger partial charge in [-0.05, 0) is 18.2 Å². The molecule has 0 saturated carbocycles. The summed E-state index contributed by atoms with van der Waals surface area (Å²) in [4.78, 5) is 13.1. The lowest BCUT2D eigenvalue weighted by molar-refractivity contribution is 0.0827. The van der Waals surface area contributed by atoms with E-state index >= 15 is 0 Å². The van der Waals surface area contributed by atoms with Crippen LogP contribution in [0.25, 0.3) is 0 Å². The first-order valence-corrected chi connectivity index (χ1v) is 7.41. The standard InChI is InChI=1S/C10H12Cl2N2O3S/c1-14(2)10(15)7-3-4-8(12)9(5-7)13-18(16,17)6-11/h3-5,13H,6H2,1-2H3. The Morgan fingerprint density at radius 2 is 2.00 bits per heavy atom. The first kappa shape index (κ1) is 15.1. The fourth-order valence-electron chi connectivity index (χ4n) is 1.19. The number of rotatable bonds is 4. The van der Waals surface area contributed by atoms with E-state index in [0.717, 1.165) is 0 Å². The molecule has 1 amide bonds. The molecule has 18 heavy (non-hydrogen) atoms. The van der Waals surface area contributed by atoms with E-state index < -0.39 is 15.2 Å². The van der Waals surface area contributed by atoms with Crippen LogP contribution in [-0.4, -0.2) is 38.5 Å². The van der Waals surface area contributed by atoms with Crippen LogP contribution in [0, 0.1) is 0 Å². The highest BCUT2D eigenvalue weighted by Crippen LogP contribution is 2.24. The van der Waals surface area contributed by atoms with E-state index in [2.05, 4.69) is 4.72 Å². The first-order chi connectivity index (χ1) is 8.26. The molecule has 0 bridgehead atoms. The summed E-state index contributed by atoms with van der Waals surface area (Å²) in [7, 11) is -0.458. The van der Waals surface area contributed by atoms with Crippen molar-refractivity contribution in [2.45, 2.75) is 0 Å². The van der Waals surface area contributed by atoms with E-state index in [4.69, 9.17) is 23.2 Å². The molecule has 0 aliphatic heterocycles. The van der Waals surface area contributed by atoms with Gasteiger partial charge in [-0.25, -0.2) is 8.42 Å². The van der Waals surface area contributed by atoms with Gasteiger partial charge in [-0.2, -0.15) is 0 Å². The highest BCUT2D eigenvalue weighted by atomic mass is 35.5. The zero-order valence-corrected chi connectivity index (χ0v) is 12.1. The molecule has 0 saturated heterocycles. The average molecular weight is 311 g/mol. The fourth-order valence-corrected chi connectivity index (χ4v) is 2.13. The Kier molecular flexibility index (Phi) is 4.84. The van der Waals surface area contributed by atoms with Crippen LogP contribution in [0.3, 0.4) is 0 Å². The molecule has 0 aliphatic carbocycles. The second-order valence-corrected chi connectivity index (χ2v) is 6.43. The molecule has 100 valence electrons. The number of anilines is 1. The Balaban J connectivity index is 3.14. The minimum Gasteiger partial charge on any atom is -0.345 e. The predicted octanol–water partition coefficient (Wildman–Crippen LogP) is 1.98. The summed E-state index contributed by atoms with van der Waals surface area (Å²) < 4.78 is 24.9. The molecule has 0 radical (unpaired) electrons. The number of amides is 1. The van der Waals surface area contributed by atoms with Crippen molar-refractivity contribution in [1.82, 2.24) is 4.90 Å². The van der Waals surface area contributed by atoms with Crippen molar-refractivity contribution < 1.29 is 13.2 Å². The summed E-state index contributed by atoms with van der Waals surface area (Å²) in [5.41, 5.74) is 0.460. The zero-order valence-electron chi connectivity index (χ0n) is 9.78. The third-order valence-corrected chi connectivity index (χ3v) is 4.04. The van der Waals surface area contributed by atoms with Crippen molar-refractivity contribution in [2.75, 3.05) is 24.0 Å². The third kappa shape index (κ3) is 3.76. The highest BCUT2D eigenvalue weighted by molar-refractivity contribution is 7.93. The SMILES string of the molecule is CN(C)C(=O)c1ccc(Cl)c(NS(=O)(=O)CCl)c1. The number of carbonyl (C=O) groups excluding carboxylic acids is 1. The smallest absolute Gasteiger partial charge is 0.253 e. The van der Waals surface area contributed by atoms with Crippen LogP contribution in [-0.2, 0) is 10.0 Å². The summed E-state index contributed by atoms with van der Waals surface area (Å²) in [5, 5.41) is -0.395. The number of hydrogen-bond donors (Lipinski definition) is 1. The van der Waals surface area contributed by atoms with E-state index in [1.165, 1.54) is 23.1 Å². The normalized spacial score (nSPS) is 11.1. The summed E-state index contributed by atoms with van der Waals surface area (Å²) in [6.45, 7) is 0. The number of nitrogens with one attached hydrogen (secondary N) is 1. The van der Waals surface area contributed by atoms with Crippen LogP contribution in [0.1, 0.15) is 10.4 Å². The number of sulfonamides is 1. The van der Waals surface area contributed by atoms with E-state index in [-0.39, 0.29) is 16.6 Å². The van der Waals surface area contributed by atoms with Gasteiger partial charge in [0.1, 0.15) is 5.21 Å². The number of carbonyl (C=O) groups is 1. The van der Waals surface area contributed by atoms with Crippen molar-refractivity contribution in [3.05, 3.63) is 28.8 Å². The molecular formula is C10H12Cl2N2O3S. The molecule has 8 heteroatoms. The van der Waals surface area contributed by atoms with E-state index in [9.17, 15) is 13.2 Å². The molecule has 0 aromatic heterocycles. The molecule has 0 unspecified atom stereocenters. The molecule has 0 aliphatic rings. The van der Waals surface area contributed by atoms with Crippen LogP contribution in [0.5, 0.6) is 0 Å². The summed E-state index contributed by atoms with van der Waals surface area (Å²) in [6.07, 6.45) is 0. The molecule has 5 nitrogen and oxygen atoms in total. The maximum atomic E-state index is 11.7. The van der Waals surface area contributed by atoms with Crippen LogP contribution in [0.4, 0.5) is 5.69 Å². The number of nitrogens with zero attached hydrogens (tertiary/aromatic N) is 1. The Labute approximate surface area is 116 Å². The van der Waals surface area contributed by atoms with Gasteiger partial charge >= 0.3 is 0 Å². The van der Waals surface area contributed by atoms with Gasteiger partial charge in [0.15, 0.2) is 0 Å². The van der Waals surface area contributed by atoms with Gasteiger partial charge in [0.25, 0.3) is 5.91 Å². The van der Waals surface area contributed by atoms with Gasteiger partial charge in [0, 0.05) is 19.7 Å². The van der Waals surface area contributed by atoms with Gasteiger partial charge in [-0.15, -0.1) is 11.6 Å². The zero-order chi connectivity index (χ0) is 13.9. The van der Waals surface area contributed by atoms with Crippen molar-refractivity contribution in [1.29, 1.82) is 0 Å². The molecule has 1 N–H and O–H groups in total. The minimum absolute atomic E-state index is 0.130. The molecule has 1 aromatic carbocycles. The maximum Gasteiger partial charge on any atom is 0.253 e. The molecule has 0 atom stereocenters. The summed E-state index contributed by atoms with van der Waals surface area (Å²) in [6, 6.07) is 4.34. The van der Waals surface area contributed by atoms with E-state index in [1.54, 1.807) is 14.1 Å². The first-order valence-electron chi connectivity index (χ1n) is 4.84. The van der Waals surface area contributed by atoms with Crippen molar-refractivity contribution in [3.8, 4) is 0 Å². The molecule has 0 fully saturated rings. The Hall–Kier alpha value is -0.980. The number of halogens is 2. The number of benzene rings is 1. The Bertz CT molecular complexity index is 558. The van der Waals surface area contributed by atoms with Crippen molar-refractivity contribution >= 4 is 44.8 Å². The largest absolute Gasteiger partial charge is 0.345 e. The van der Waals surface area contributed by atoms with Gasteiger partial charge in [0.05, 0.1) is 10.7 Å². The third-order valence-electron chi connectivity index (χ3n) is 2.03. The quantitative estimate of drug-likeness (QED) is 0.865. The lowest BCUT2D eigenvalue weighted by Gasteiger charge is -2.13. The minimum atomic E-state index is -3.65. The van der Waals surface area contributed by atoms with Crippen LogP contribution in [0.2, 0.25) is 5.02 Å². The van der Waals surface area contributed by atoms with E-state index in [0.29, 0.717) is 5.56 Å². The summed E-state index contributed by atoms with van der Waals surface area (Å²) in [5.74, 6) is -0.252. The maximum absolute atomic E-state index is 11.7. The lowest BCUT2D eigenvalue weighted by atomic mass is 10.2. The highest BCUT2D eigenvalue weighted by Gasteiger charge is 2.14. The Morgan fingerprint density at radius 3 is 2.50 bits per heavy atom. The summed E-state index contributed by atoms with van der Waals surface area (Å²) >= 11 is 11.1. The number of alkyl halides is 1. The second kappa shape index (κ2) is 5.77. The topological polar surface area (TPSA) is 66.5 Å². The van der Waals surface area contributed by atoms with Crippen molar-refractivity contribution in [3.63, 3.8) is 0 Å². The predicted molar refractivity (Wildman–Crippen MR) is 72.7 cm³/mol. The molecule has 1 rings (SSSR count). The molecule has 0 spiro atoms. The van der Waals surface area contributed by atoms with Crippen molar-refractivity contribution in [2.24, 2.45) is 0 Å². The number of hydrogen-bond acceptors (Lipinski definition) is 3. The average Bonchev–Trinajstić information content (AvgIpc) is 2.30. The van der Waals surface area contributed by atoms with Crippen LogP contribution in [0.15, 0.2) is 18.2 Å². The van der Waals surface area contributed by atoms with Gasteiger partial charge in [-0.1, -0.05) is 11.6 Å². The van der Waals surface area contributed by atoms with Crippen LogP contribution < -0.4 is 4.72 Å². The van der Waals surface area contributed by atoms with Gasteiger partial charge in [-0.3, -0.25) is 9.52 Å². The molecule has 0 heterocycles. The van der Waals surface area contributed by atoms with Gasteiger partial charge < -0.3 is 4.90 Å². The molecular weight excluding hydrogens is 299 g/mol.